The first kappa shape index (κ1) is 20.7. The number of hydrogen-bond acceptors (Lipinski definition) is 5. The van der Waals surface area contributed by atoms with Gasteiger partial charge in [0, 0.05) is 10.6 Å². The van der Waals surface area contributed by atoms with Gasteiger partial charge in [-0.2, -0.15) is 0 Å². The molecular weight excluding hydrogens is 390 g/mol. The van der Waals surface area contributed by atoms with Gasteiger partial charge in [0.05, 0.1) is 12.1 Å². The molecule has 3 rings (SSSR count). The fourth-order valence-corrected chi connectivity index (χ4v) is 3.96. The quantitative estimate of drug-likeness (QED) is 0.351. The molecule has 0 unspecified atom stereocenters. The molecule has 1 heterocycles. The number of carbonyl (C=O) groups excluding carboxylic acids is 3. The first-order chi connectivity index (χ1) is 13.9. The Kier molecular flexibility index (Phi) is 6.43. The van der Waals surface area contributed by atoms with Crippen molar-refractivity contribution in [2.75, 3.05) is 18.9 Å². The van der Waals surface area contributed by atoms with E-state index in [-0.39, 0.29) is 11.8 Å². The molecule has 0 aliphatic carbocycles. The standard InChI is InChI=1S/C21H23N3O4S/c1-14-6-5-7-15(12-14)28-11-10-22-18(25)16-8-3-4-9-17(16)29-13-21(2)19(26)23-20(27)24-21/h3-9,12H,10-11,13H2,1-2H3,(H,22,25)(H2,23,24,26,27)/t21-/m0/s1. The molecule has 7 nitrogen and oxygen atoms in total. The molecule has 1 saturated heterocycles. The Labute approximate surface area is 173 Å². The summed E-state index contributed by atoms with van der Waals surface area (Å²) in [6.07, 6.45) is 0. The van der Waals surface area contributed by atoms with Gasteiger partial charge >= 0.3 is 6.03 Å². The second-order valence-electron chi connectivity index (χ2n) is 6.95. The molecule has 1 aliphatic heterocycles. The third-order valence-corrected chi connectivity index (χ3v) is 5.80. The molecule has 152 valence electrons. The van der Waals surface area contributed by atoms with Gasteiger partial charge in [0.2, 0.25) is 0 Å². The number of aryl methyl sites for hydroxylation is 1. The smallest absolute Gasteiger partial charge is 0.322 e. The van der Waals surface area contributed by atoms with E-state index in [0.29, 0.717) is 24.5 Å². The molecule has 2 aromatic rings. The van der Waals surface area contributed by atoms with E-state index >= 15 is 0 Å². The molecule has 1 aliphatic rings. The molecular formula is C21H23N3O4S. The van der Waals surface area contributed by atoms with Crippen molar-refractivity contribution in [2.24, 2.45) is 0 Å². The van der Waals surface area contributed by atoms with Crippen LogP contribution >= 0.6 is 11.8 Å². The second kappa shape index (κ2) is 9.00. The molecule has 29 heavy (non-hydrogen) atoms. The minimum Gasteiger partial charge on any atom is -0.492 e. The van der Waals surface area contributed by atoms with Gasteiger partial charge in [0.25, 0.3) is 11.8 Å². The van der Waals surface area contributed by atoms with Gasteiger partial charge in [-0.15, -0.1) is 11.8 Å². The highest BCUT2D eigenvalue weighted by atomic mass is 32.2. The van der Waals surface area contributed by atoms with Crippen molar-refractivity contribution < 1.29 is 19.1 Å². The van der Waals surface area contributed by atoms with Gasteiger partial charge in [0.15, 0.2) is 0 Å². The Balaban J connectivity index is 1.54. The lowest BCUT2D eigenvalue weighted by Gasteiger charge is -2.20. The van der Waals surface area contributed by atoms with Crippen LogP contribution in [0.25, 0.3) is 0 Å². The molecule has 0 bridgehead atoms. The van der Waals surface area contributed by atoms with Gasteiger partial charge in [-0.3, -0.25) is 14.9 Å². The van der Waals surface area contributed by atoms with Crippen LogP contribution < -0.4 is 20.7 Å². The zero-order valence-corrected chi connectivity index (χ0v) is 17.1. The highest BCUT2D eigenvalue weighted by Gasteiger charge is 2.41. The highest BCUT2D eigenvalue weighted by Crippen LogP contribution is 2.27. The SMILES string of the molecule is Cc1cccc(OCCNC(=O)c2ccccc2SC[C@]2(C)NC(=O)NC2=O)c1. The molecule has 0 radical (unpaired) electrons. The average molecular weight is 413 g/mol. The molecule has 0 saturated carbocycles. The maximum atomic E-state index is 12.6. The van der Waals surface area contributed by atoms with Crippen LogP contribution in [-0.2, 0) is 4.79 Å². The predicted molar refractivity (Wildman–Crippen MR) is 111 cm³/mol. The minimum atomic E-state index is -1.01. The maximum absolute atomic E-state index is 12.6. The molecule has 0 aromatic heterocycles. The summed E-state index contributed by atoms with van der Waals surface area (Å²) in [6, 6.07) is 14.4. The Hall–Kier alpha value is -3.00. The van der Waals surface area contributed by atoms with Crippen LogP contribution in [0.3, 0.4) is 0 Å². The topological polar surface area (TPSA) is 96.5 Å². The van der Waals surface area contributed by atoms with Crippen LogP contribution in [0.1, 0.15) is 22.8 Å². The van der Waals surface area contributed by atoms with E-state index in [2.05, 4.69) is 16.0 Å². The van der Waals surface area contributed by atoms with Gasteiger partial charge in [0.1, 0.15) is 17.9 Å². The van der Waals surface area contributed by atoms with Gasteiger partial charge in [-0.05, 0) is 43.7 Å². The minimum absolute atomic E-state index is 0.217. The normalized spacial score (nSPS) is 18.1. The second-order valence-corrected chi connectivity index (χ2v) is 7.96. The summed E-state index contributed by atoms with van der Waals surface area (Å²) in [6.45, 7) is 4.37. The monoisotopic (exact) mass is 413 g/mol. The predicted octanol–water partition coefficient (Wildman–Crippen LogP) is 2.49. The van der Waals surface area contributed by atoms with Crippen LogP contribution in [0.15, 0.2) is 53.4 Å². The lowest BCUT2D eigenvalue weighted by molar-refractivity contribution is -0.122. The van der Waals surface area contributed by atoms with Crippen LogP contribution in [-0.4, -0.2) is 42.3 Å². The van der Waals surface area contributed by atoms with Gasteiger partial charge in [-0.1, -0.05) is 24.3 Å². The summed E-state index contributed by atoms with van der Waals surface area (Å²) >= 11 is 1.35. The number of ether oxygens (including phenoxy) is 1. The first-order valence-corrected chi connectivity index (χ1v) is 10.2. The van der Waals surface area contributed by atoms with Crippen LogP contribution in [0.2, 0.25) is 0 Å². The van der Waals surface area contributed by atoms with E-state index in [4.69, 9.17) is 4.74 Å². The zero-order chi connectivity index (χ0) is 20.9. The number of benzene rings is 2. The van der Waals surface area contributed by atoms with E-state index < -0.39 is 11.6 Å². The maximum Gasteiger partial charge on any atom is 0.322 e. The van der Waals surface area contributed by atoms with Crippen LogP contribution in [0, 0.1) is 6.92 Å². The number of thioether (sulfide) groups is 1. The van der Waals surface area contributed by atoms with E-state index in [1.165, 1.54) is 11.8 Å². The number of carbonyl (C=O) groups is 3. The van der Waals surface area contributed by atoms with Gasteiger partial charge in [-0.25, -0.2) is 4.79 Å². The molecule has 8 heteroatoms. The average Bonchev–Trinajstić information content (AvgIpc) is 2.95. The third kappa shape index (κ3) is 5.29. The van der Waals surface area contributed by atoms with E-state index in [1.54, 1.807) is 19.1 Å². The number of rotatable bonds is 8. The molecule has 3 N–H and O–H groups in total. The van der Waals surface area contributed by atoms with Crippen molar-refractivity contribution in [3.05, 3.63) is 59.7 Å². The number of imide groups is 1. The highest BCUT2D eigenvalue weighted by molar-refractivity contribution is 7.99. The summed E-state index contributed by atoms with van der Waals surface area (Å²) in [5, 5.41) is 7.71. The fourth-order valence-electron chi connectivity index (χ4n) is 2.82. The van der Waals surface area contributed by atoms with Crippen molar-refractivity contribution >= 4 is 29.6 Å². The third-order valence-electron chi connectivity index (χ3n) is 4.41. The van der Waals surface area contributed by atoms with E-state index in [9.17, 15) is 14.4 Å². The molecule has 2 aromatic carbocycles. The Morgan fingerprint density at radius 3 is 2.69 bits per heavy atom. The van der Waals surface area contributed by atoms with Crippen molar-refractivity contribution in [1.29, 1.82) is 0 Å². The summed E-state index contributed by atoms with van der Waals surface area (Å²) in [7, 11) is 0. The van der Waals surface area contributed by atoms with Crippen molar-refractivity contribution in [3.8, 4) is 5.75 Å². The molecule has 0 spiro atoms. The summed E-state index contributed by atoms with van der Waals surface area (Å²) < 4.78 is 5.65. The molecule has 1 fully saturated rings. The Morgan fingerprint density at radius 1 is 1.17 bits per heavy atom. The molecule has 1 atom stereocenters. The Bertz CT molecular complexity index is 934. The zero-order valence-electron chi connectivity index (χ0n) is 16.3. The number of amides is 4. The van der Waals surface area contributed by atoms with Crippen LogP contribution in [0.5, 0.6) is 5.75 Å². The van der Waals surface area contributed by atoms with E-state index in [0.717, 1.165) is 16.2 Å². The number of urea groups is 1. The van der Waals surface area contributed by atoms with Gasteiger partial charge < -0.3 is 15.4 Å². The fraction of sp³-hybridized carbons (Fsp3) is 0.286. The molecule has 4 amide bonds. The Morgan fingerprint density at radius 2 is 1.97 bits per heavy atom. The summed E-state index contributed by atoms with van der Waals surface area (Å²) in [5.74, 6) is 0.488. The summed E-state index contributed by atoms with van der Waals surface area (Å²) in [5.41, 5.74) is 0.618. The summed E-state index contributed by atoms with van der Waals surface area (Å²) in [4.78, 5) is 36.7. The lowest BCUT2D eigenvalue weighted by Crippen LogP contribution is -2.46. The number of hydrogen-bond donors (Lipinski definition) is 3. The van der Waals surface area contributed by atoms with Crippen molar-refractivity contribution in [3.63, 3.8) is 0 Å². The first-order valence-electron chi connectivity index (χ1n) is 9.20. The van der Waals surface area contributed by atoms with E-state index in [1.807, 2.05) is 43.3 Å². The largest absolute Gasteiger partial charge is 0.492 e. The van der Waals surface area contributed by atoms with Crippen molar-refractivity contribution in [2.45, 2.75) is 24.3 Å². The number of nitrogens with one attached hydrogen (secondary N) is 3. The van der Waals surface area contributed by atoms with Crippen LogP contribution in [0.4, 0.5) is 4.79 Å². The lowest BCUT2D eigenvalue weighted by atomic mass is 10.1. The van der Waals surface area contributed by atoms with Crippen molar-refractivity contribution in [1.82, 2.24) is 16.0 Å².